The van der Waals surface area contributed by atoms with Gasteiger partial charge in [0.1, 0.15) is 11.9 Å². The van der Waals surface area contributed by atoms with Gasteiger partial charge < -0.3 is 4.74 Å². The number of carbonyl (C=O) groups excluding carboxylic acids is 2. The fourth-order valence-corrected chi connectivity index (χ4v) is 1.27. The highest BCUT2D eigenvalue weighted by Crippen LogP contribution is 2.35. The van der Waals surface area contributed by atoms with Gasteiger partial charge in [-0.15, -0.1) is 0 Å². The van der Waals surface area contributed by atoms with Crippen LogP contribution in [0.5, 0.6) is 0 Å². The van der Waals surface area contributed by atoms with Crippen LogP contribution in [0.1, 0.15) is 33.1 Å². The maximum absolute atomic E-state index is 10.8. The summed E-state index contributed by atoms with van der Waals surface area (Å²) in [6.45, 7) is 2.91. The van der Waals surface area contributed by atoms with Crippen molar-refractivity contribution in [1.82, 2.24) is 0 Å². The van der Waals surface area contributed by atoms with Crippen molar-refractivity contribution >= 4 is 11.8 Å². The van der Waals surface area contributed by atoms with E-state index >= 15 is 0 Å². The van der Waals surface area contributed by atoms with Gasteiger partial charge in [-0.25, -0.2) is 0 Å². The van der Waals surface area contributed by atoms with Crippen molar-refractivity contribution in [3.8, 4) is 0 Å². The van der Waals surface area contributed by atoms with E-state index in [1.54, 1.807) is 0 Å². The Bertz CT molecular complexity index is 178. The van der Waals surface area contributed by atoms with Gasteiger partial charge in [-0.1, -0.05) is 0 Å². The van der Waals surface area contributed by atoms with Gasteiger partial charge in [0, 0.05) is 13.3 Å². The molecule has 1 saturated carbocycles. The second-order valence-electron chi connectivity index (χ2n) is 3.39. The Balaban J connectivity index is 2.37. The average Bonchev–Trinajstić information content (AvgIpc) is 2.63. The number of carbonyl (C=O) groups is 2. The van der Waals surface area contributed by atoms with E-state index in [1.165, 1.54) is 13.8 Å². The molecule has 0 N–H and O–H groups in total. The van der Waals surface area contributed by atoms with Crippen molar-refractivity contribution in [2.45, 2.75) is 39.2 Å². The number of rotatable bonds is 4. The first-order valence-corrected chi connectivity index (χ1v) is 4.26. The van der Waals surface area contributed by atoms with Crippen molar-refractivity contribution in [1.29, 1.82) is 0 Å². The van der Waals surface area contributed by atoms with Crippen LogP contribution in [0, 0.1) is 5.92 Å². The minimum Gasteiger partial charge on any atom is -0.462 e. The summed E-state index contributed by atoms with van der Waals surface area (Å²) in [5.74, 6) is 0.249. The molecule has 0 spiro atoms. The minimum absolute atomic E-state index is 0.0909. The topological polar surface area (TPSA) is 43.4 Å². The second-order valence-corrected chi connectivity index (χ2v) is 3.39. The average molecular weight is 170 g/mol. The van der Waals surface area contributed by atoms with Crippen molar-refractivity contribution in [2.75, 3.05) is 0 Å². The molecular formula is C9H14O3. The Kier molecular flexibility index (Phi) is 2.84. The van der Waals surface area contributed by atoms with Gasteiger partial charge in [0.2, 0.25) is 0 Å². The molecule has 12 heavy (non-hydrogen) atoms. The summed E-state index contributed by atoms with van der Waals surface area (Å²) in [7, 11) is 0. The van der Waals surface area contributed by atoms with E-state index < -0.39 is 0 Å². The SMILES string of the molecule is CC(=O)CC(OC(C)=O)C1CC1. The van der Waals surface area contributed by atoms with Gasteiger partial charge >= 0.3 is 5.97 Å². The van der Waals surface area contributed by atoms with Gasteiger partial charge in [0.05, 0.1) is 0 Å². The summed E-state index contributed by atoms with van der Waals surface area (Å²) in [5, 5.41) is 0. The maximum atomic E-state index is 10.8. The molecule has 0 radical (unpaired) electrons. The number of hydrogen-bond donors (Lipinski definition) is 0. The summed E-state index contributed by atoms with van der Waals surface area (Å²) in [4.78, 5) is 21.4. The van der Waals surface area contributed by atoms with Crippen molar-refractivity contribution in [3.05, 3.63) is 0 Å². The summed E-state index contributed by atoms with van der Waals surface area (Å²) >= 11 is 0. The molecule has 0 saturated heterocycles. The van der Waals surface area contributed by atoms with E-state index in [2.05, 4.69) is 0 Å². The molecule has 3 nitrogen and oxygen atoms in total. The fourth-order valence-electron chi connectivity index (χ4n) is 1.27. The van der Waals surface area contributed by atoms with E-state index in [9.17, 15) is 9.59 Å². The highest BCUT2D eigenvalue weighted by Gasteiger charge is 2.34. The van der Waals surface area contributed by atoms with Gasteiger partial charge in [-0.2, -0.15) is 0 Å². The number of esters is 1. The van der Waals surface area contributed by atoms with E-state index in [0.717, 1.165) is 12.8 Å². The first kappa shape index (κ1) is 9.23. The van der Waals surface area contributed by atoms with Crippen molar-refractivity contribution in [3.63, 3.8) is 0 Å². The predicted molar refractivity (Wildman–Crippen MR) is 43.6 cm³/mol. The molecule has 0 amide bonds. The highest BCUT2D eigenvalue weighted by molar-refractivity contribution is 5.76. The predicted octanol–water partition coefficient (Wildman–Crippen LogP) is 1.31. The molecule has 1 aliphatic carbocycles. The molecule has 0 bridgehead atoms. The number of ketones is 1. The first-order chi connectivity index (χ1) is 5.59. The quantitative estimate of drug-likeness (QED) is 0.597. The van der Waals surface area contributed by atoms with Crippen LogP contribution in [0.15, 0.2) is 0 Å². The Morgan fingerprint density at radius 2 is 2.00 bits per heavy atom. The summed E-state index contributed by atoms with van der Waals surface area (Å²) < 4.78 is 5.03. The van der Waals surface area contributed by atoms with Crippen LogP contribution in [0.4, 0.5) is 0 Å². The van der Waals surface area contributed by atoms with Crippen molar-refractivity contribution < 1.29 is 14.3 Å². The van der Waals surface area contributed by atoms with E-state index in [0.29, 0.717) is 12.3 Å². The van der Waals surface area contributed by atoms with Crippen LogP contribution in [-0.4, -0.2) is 17.9 Å². The Labute approximate surface area is 72.1 Å². The normalized spacial score (nSPS) is 18.5. The third-order valence-corrected chi connectivity index (χ3v) is 1.95. The molecule has 1 unspecified atom stereocenters. The lowest BCUT2D eigenvalue weighted by Gasteiger charge is -2.13. The third kappa shape index (κ3) is 3.03. The Hall–Kier alpha value is -0.860. The monoisotopic (exact) mass is 170 g/mol. The van der Waals surface area contributed by atoms with Gasteiger partial charge in [-0.05, 0) is 25.7 Å². The van der Waals surface area contributed by atoms with Crippen LogP contribution >= 0.6 is 0 Å². The highest BCUT2D eigenvalue weighted by atomic mass is 16.5. The molecule has 1 rings (SSSR count). The lowest BCUT2D eigenvalue weighted by Crippen LogP contribution is -2.21. The largest absolute Gasteiger partial charge is 0.462 e. The molecule has 0 aromatic rings. The van der Waals surface area contributed by atoms with E-state index in [4.69, 9.17) is 4.74 Å². The molecular weight excluding hydrogens is 156 g/mol. The molecule has 1 atom stereocenters. The molecule has 1 fully saturated rings. The summed E-state index contributed by atoms with van der Waals surface area (Å²) in [6.07, 6.45) is 2.40. The summed E-state index contributed by atoms with van der Waals surface area (Å²) in [6, 6.07) is 0. The smallest absolute Gasteiger partial charge is 0.302 e. The molecule has 0 aliphatic heterocycles. The molecule has 68 valence electrons. The van der Waals surface area contributed by atoms with Crippen LogP contribution in [0.25, 0.3) is 0 Å². The second kappa shape index (κ2) is 3.70. The van der Waals surface area contributed by atoms with E-state index in [-0.39, 0.29) is 17.9 Å². The number of hydrogen-bond acceptors (Lipinski definition) is 3. The zero-order valence-electron chi connectivity index (χ0n) is 7.50. The standard InChI is InChI=1S/C9H14O3/c1-6(10)5-9(8-3-4-8)12-7(2)11/h8-9H,3-5H2,1-2H3. The molecule has 0 aromatic heterocycles. The van der Waals surface area contributed by atoms with Crippen LogP contribution in [-0.2, 0) is 14.3 Å². The lowest BCUT2D eigenvalue weighted by molar-refractivity contribution is -0.148. The minimum atomic E-state index is -0.284. The van der Waals surface area contributed by atoms with Crippen molar-refractivity contribution in [2.24, 2.45) is 5.92 Å². The Morgan fingerprint density at radius 1 is 1.42 bits per heavy atom. The molecule has 1 aliphatic rings. The third-order valence-electron chi connectivity index (χ3n) is 1.95. The van der Waals surface area contributed by atoms with Crippen LogP contribution in [0.3, 0.4) is 0 Å². The lowest BCUT2D eigenvalue weighted by atomic mass is 10.1. The summed E-state index contributed by atoms with van der Waals surface area (Å²) in [5.41, 5.74) is 0. The zero-order chi connectivity index (χ0) is 9.14. The molecule has 3 heteroatoms. The zero-order valence-corrected chi connectivity index (χ0v) is 7.50. The molecule has 0 heterocycles. The van der Waals surface area contributed by atoms with Gasteiger partial charge in [-0.3, -0.25) is 9.59 Å². The van der Waals surface area contributed by atoms with Gasteiger partial charge in [0.25, 0.3) is 0 Å². The van der Waals surface area contributed by atoms with Crippen LogP contribution in [0.2, 0.25) is 0 Å². The number of Topliss-reactive ketones (excluding diaryl/α,β-unsaturated/α-hetero) is 1. The van der Waals surface area contributed by atoms with Gasteiger partial charge in [0.15, 0.2) is 0 Å². The first-order valence-electron chi connectivity index (χ1n) is 4.26. The van der Waals surface area contributed by atoms with E-state index in [1.807, 2.05) is 0 Å². The fraction of sp³-hybridized carbons (Fsp3) is 0.778. The molecule has 0 aromatic carbocycles. The Morgan fingerprint density at radius 3 is 2.33 bits per heavy atom. The number of ether oxygens (including phenoxy) is 1. The maximum Gasteiger partial charge on any atom is 0.302 e. The van der Waals surface area contributed by atoms with Crippen LogP contribution < -0.4 is 0 Å².